The number of carbonyl (C=O) groups excluding carboxylic acids is 1. The Morgan fingerprint density at radius 2 is 2.30 bits per heavy atom. The predicted molar refractivity (Wildman–Crippen MR) is 87.9 cm³/mol. The molecule has 3 aliphatic heterocycles. The third kappa shape index (κ3) is 3.31. The van der Waals surface area contributed by atoms with Crippen molar-refractivity contribution >= 4 is 17.2 Å². The minimum absolute atomic E-state index is 0.00703. The molecule has 3 aliphatic rings. The fourth-order valence-corrected chi connectivity index (χ4v) is 4.72. The number of fused-ring (bicyclic) bond motifs is 1. The van der Waals surface area contributed by atoms with Crippen molar-refractivity contribution in [1.29, 1.82) is 0 Å². The van der Waals surface area contributed by atoms with Crippen LogP contribution < -0.4 is 0 Å². The zero-order valence-electron chi connectivity index (χ0n) is 13.4. The Morgan fingerprint density at radius 3 is 3.09 bits per heavy atom. The van der Waals surface area contributed by atoms with Gasteiger partial charge in [0.25, 0.3) is 5.91 Å². The maximum atomic E-state index is 12.8. The van der Waals surface area contributed by atoms with Gasteiger partial charge in [-0.1, -0.05) is 6.07 Å². The van der Waals surface area contributed by atoms with Crippen molar-refractivity contribution in [3.8, 4) is 0 Å². The monoisotopic (exact) mass is 336 g/mol. The van der Waals surface area contributed by atoms with Crippen LogP contribution in [0.15, 0.2) is 17.5 Å². The first-order chi connectivity index (χ1) is 11.3. The number of piperidine rings is 1. The van der Waals surface area contributed by atoms with Crippen LogP contribution >= 0.6 is 11.3 Å². The van der Waals surface area contributed by atoms with Crippen LogP contribution in [0, 0.1) is 5.92 Å². The van der Waals surface area contributed by atoms with E-state index < -0.39 is 0 Å². The summed E-state index contributed by atoms with van der Waals surface area (Å²) in [7, 11) is 0. The molecule has 1 aromatic heterocycles. The maximum Gasteiger partial charge on any atom is 0.250 e. The molecular weight excluding hydrogens is 312 g/mol. The summed E-state index contributed by atoms with van der Waals surface area (Å²) in [6.45, 7) is 3.96. The quantitative estimate of drug-likeness (QED) is 0.849. The fourth-order valence-electron chi connectivity index (χ4n) is 3.99. The molecule has 0 N–H and O–H groups in total. The Hall–Kier alpha value is -0.950. The number of carbonyl (C=O) groups is 1. The van der Waals surface area contributed by atoms with Gasteiger partial charge >= 0.3 is 0 Å². The maximum absolute atomic E-state index is 12.8. The number of nitrogens with zero attached hydrogens (tertiary/aromatic N) is 2. The van der Waals surface area contributed by atoms with Crippen LogP contribution in [-0.2, 0) is 20.9 Å². The molecule has 23 heavy (non-hydrogen) atoms. The smallest absolute Gasteiger partial charge is 0.250 e. The molecule has 0 spiro atoms. The lowest BCUT2D eigenvalue weighted by Gasteiger charge is -2.41. The lowest BCUT2D eigenvalue weighted by molar-refractivity contribution is -0.204. The highest BCUT2D eigenvalue weighted by atomic mass is 32.1. The van der Waals surface area contributed by atoms with Gasteiger partial charge in [0, 0.05) is 37.2 Å². The van der Waals surface area contributed by atoms with Crippen LogP contribution in [0.5, 0.6) is 0 Å². The number of hydrogen-bond donors (Lipinski definition) is 0. The third-order valence-electron chi connectivity index (χ3n) is 5.15. The molecule has 1 amide bonds. The topological polar surface area (TPSA) is 42.0 Å². The molecule has 4 heterocycles. The largest absolute Gasteiger partial charge is 0.377 e. The Labute approximate surface area is 141 Å². The van der Waals surface area contributed by atoms with Crippen LogP contribution in [0.3, 0.4) is 0 Å². The van der Waals surface area contributed by atoms with Crippen LogP contribution in [0.4, 0.5) is 0 Å². The summed E-state index contributed by atoms with van der Waals surface area (Å²) < 4.78 is 5.92. The van der Waals surface area contributed by atoms with Crippen molar-refractivity contribution in [2.24, 2.45) is 5.92 Å². The normalized spacial score (nSPS) is 32.0. The lowest BCUT2D eigenvalue weighted by Crippen LogP contribution is -2.53. The molecule has 0 aliphatic carbocycles. The highest BCUT2D eigenvalue weighted by molar-refractivity contribution is 7.09. The zero-order valence-corrected chi connectivity index (χ0v) is 14.2. The van der Waals surface area contributed by atoms with E-state index in [4.69, 9.17) is 9.57 Å². The molecule has 4 rings (SSSR count). The molecule has 1 aromatic rings. The van der Waals surface area contributed by atoms with E-state index in [9.17, 15) is 4.79 Å². The van der Waals surface area contributed by atoms with Gasteiger partial charge < -0.3 is 4.74 Å². The van der Waals surface area contributed by atoms with E-state index in [1.165, 1.54) is 4.88 Å². The molecule has 6 heteroatoms. The summed E-state index contributed by atoms with van der Waals surface area (Å²) in [5.74, 6) is 0.141. The summed E-state index contributed by atoms with van der Waals surface area (Å²) in [5, 5.41) is 3.72. The fraction of sp³-hybridized carbons (Fsp3) is 0.706. The molecule has 0 unspecified atom stereocenters. The number of hydroxylamine groups is 2. The summed E-state index contributed by atoms with van der Waals surface area (Å²) in [4.78, 5) is 22.2. The molecule has 0 aromatic carbocycles. The number of hydrogen-bond acceptors (Lipinski definition) is 5. The second kappa shape index (κ2) is 6.89. The van der Waals surface area contributed by atoms with E-state index >= 15 is 0 Å². The van der Waals surface area contributed by atoms with Gasteiger partial charge in [-0.2, -0.15) is 0 Å². The van der Waals surface area contributed by atoms with Gasteiger partial charge in [0.1, 0.15) is 0 Å². The van der Waals surface area contributed by atoms with Crippen LogP contribution in [0.2, 0.25) is 0 Å². The van der Waals surface area contributed by atoms with Crippen molar-refractivity contribution in [2.45, 2.75) is 44.4 Å². The second-order valence-corrected chi connectivity index (χ2v) is 7.72. The summed E-state index contributed by atoms with van der Waals surface area (Å²) >= 11 is 1.79. The first-order valence-corrected chi connectivity index (χ1v) is 9.51. The van der Waals surface area contributed by atoms with Gasteiger partial charge in [0.2, 0.25) is 0 Å². The van der Waals surface area contributed by atoms with Crippen molar-refractivity contribution in [3.05, 3.63) is 22.4 Å². The molecule has 3 atom stereocenters. The highest BCUT2D eigenvalue weighted by Crippen LogP contribution is 2.34. The Bertz CT molecular complexity index is 530. The molecule has 0 saturated carbocycles. The van der Waals surface area contributed by atoms with E-state index in [1.54, 1.807) is 16.4 Å². The average molecular weight is 336 g/mol. The molecular formula is C17H24N2O3S. The van der Waals surface area contributed by atoms with Gasteiger partial charge in [-0.25, -0.2) is 5.06 Å². The van der Waals surface area contributed by atoms with Crippen LogP contribution in [-0.4, -0.2) is 54.3 Å². The number of rotatable bonds is 3. The van der Waals surface area contributed by atoms with Gasteiger partial charge in [0.05, 0.1) is 18.6 Å². The number of thiophene rings is 1. The minimum Gasteiger partial charge on any atom is -0.377 e. The highest BCUT2D eigenvalue weighted by Gasteiger charge is 2.43. The lowest BCUT2D eigenvalue weighted by atomic mass is 9.89. The molecule has 3 saturated heterocycles. The van der Waals surface area contributed by atoms with Crippen LogP contribution in [0.25, 0.3) is 0 Å². The molecule has 3 fully saturated rings. The van der Waals surface area contributed by atoms with E-state index in [1.807, 2.05) is 0 Å². The van der Waals surface area contributed by atoms with E-state index in [2.05, 4.69) is 22.4 Å². The molecule has 0 radical (unpaired) electrons. The summed E-state index contributed by atoms with van der Waals surface area (Å²) in [6, 6.07) is 4.73. The van der Waals surface area contributed by atoms with Crippen molar-refractivity contribution in [3.63, 3.8) is 0 Å². The Kier molecular flexibility index (Phi) is 4.66. The van der Waals surface area contributed by atoms with Gasteiger partial charge in [0.15, 0.2) is 0 Å². The van der Waals surface area contributed by atoms with Gasteiger partial charge in [-0.3, -0.25) is 14.5 Å². The number of likely N-dealkylation sites (tertiary alicyclic amines) is 1. The van der Waals surface area contributed by atoms with Crippen LogP contribution in [0.1, 0.15) is 30.6 Å². The van der Waals surface area contributed by atoms with Crippen molar-refractivity contribution in [1.82, 2.24) is 9.96 Å². The first kappa shape index (κ1) is 15.6. The summed E-state index contributed by atoms with van der Waals surface area (Å²) in [6.07, 6.45) is 4.20. The molecule has 0 bridgehead atoms. The zero-order chi connectivity index (χ0) is 15.6. The first-order valence-electron chi connectivity index (χ1n) is 8.63. The third-order valence-corrected chi connectivity index (χ3v) is 6.01. The van der Waals surface area contributed by atoms with Crippen molar-refractivity contribution in [2.75, 3.05) is 26.3 Å². The summed E-state index contributed by atoms with van der Waals surface area (Å²) in [5.41, 5.74) is 0. The SMILES string of the molecule is O=C([C@@H]1C[C@H]2OCC[C@H]2N(Cc2cccs2)C1)N1CCCCO1. The Morgan fingerprint density at radius 1 is 1.35 bits per heavy atom. The molecule has 126 valence electrons. The number of ether oxygens (including phenoxy) is 1. The van der Waals surface area contributed by atoms with Gasteiger partial charge in [-0.15, -0.1) is 11.3 Å². The Balaban J connectivity index is 1.46. The standard InChI is InChI=1S/C17H24N2O3S/c20-17(19-6-1-2-7-22-19)13-10-16-15(5-8-21-16)18(11-13)12-14-4-3-9-23-14/h3-4,9,13,15-16H,1-2,5-8,10-12H2/t13-,15-,16-/m1/s1. The number of amides is 1. The second-order valence-electron chi connectivity index (χ2n) is 6.69. The van der Waals surface area contributed by atoms with Gasteiger partial charge in [-0.05, 0) is 37.1 Å². The van der Waals surface area contributed by atoms with E-state index in [0.717, 1.165) is 51.9 Å². The predicted octanol–water partition coefficient (Wildman–Crippen LogP) is 2.28. The van der Waals surface area contributed by atoms with E-state index in [-0.39, 0.29) is 17.9 Å². The minimum atomic E-state index is -0.00703. The average Bonchev–Trinajstić information content (AvgIpc) is 3.26. The molecule has 5 nitrogen and oxygen atoms in total. The van der Waals surface area contributed by atoms with Crippen molar-refractivity contribution < 1.29 is 14.4 Å². The van der Waals surface area contributed by atoms with E-state index in [0.29, 0.717) is 12.6 Å².